The number of anilines is 1. The Morgan fingerprint density at radius 2 is 2.11 bits per heavy atom. The summed E-state index contributed by atoms with van der Waals surface area (Å²) < 4.78 is 26.6. The van der Waals surface area contributed by atoms with Crippen molar-refractivity contribution >= 4 is 21.7 Å². The normalized spacial score (nSPS) is 11.2. The number of hydrogen-bond donors (Lipinski definition) is 2. The molecule has 0 aromatic carbocycles. The summed E-state index contributed by atoms with van der Waals surface area (Å²) in [7, 11) is -3.71. The van der Waals surface area contributed by atoms with Crippen LogP contribution in [0.1, 0.15) is 13.3 Å². The van der Waals surface area contributed by atoms with E-state index >= 15 is 0 Å². The Balaban J connectivity index is 2.84. The Morgan fingerprint density at radius 3 is 2.67 bits per heavy atom. The summed E-state index contributed by atoms with van der Waals surface area (Å²) in [5.41, 5.74) is 0.00724. The van der Waals surface area contributed by atoms with Crippen LogP contribution >= 0.6 is 0 Å². The van der Waals surface area contributed by atoms with Crippen molar-refractivity contribution in [3.8, 4) is 0 Å². The summed E-state index contributed by atoms with van der Waals surface area (Å²) in [6.45, 7) is 2.17. The second kappa shape index (κ2) is 5.67. The number of carbonyl (C=O) groups is 1. The van der Waals surface area contributed by atoms with Gasteiger partial charge in [-0.3, -0.25) is 14.3 Å². The number of rotatable bonds is 6. The van der Waals surface area contributed by atoms with Gasteiger partial charge in [-0.25, -0.2) is 8.42 Å². The molecule has 0 unspecified atom stereocenters. The van der Waals surface area contributed by atoms with Gasteiger partial charge in [-0.15, -0.1) is 0 Å². The van der Waals surface area contributed by atoms with Crippen molar-refractivity contribution in [1.29, 1.82) is 0 Å². The van der Waals surface area contributed by atoms with Crippen LogP contribution in [-0.4, -0.2) is 29.8 Å². The lowest BCUT2D eigenvalue weighted by Crippen LogP contribution is -2.22. The average molecular weight is 274 g/mol. The Hall–Kier alpha value is -1.83. The van der Waals surface area contributed by atoms with Crippen molar-refractivity contribution in [2.75, 3.05) is 10.5 Å². The van der Waals surface area contributed by atoms with Gasteiger partial charge in [0, 0.05) is 18.8 Å². The number of nitrogens with zero attached hydrogens (tertiary/aromatic N) is 1. The molecule has 18 heavy (non-hydrogen) atoms. The smallest absolute Gasteiger partial charge is 0.304 e. The molecule has 1 aromatic rings. The number of carboxylic acids is 1. The number of sulfonamides is 1. The van der Waals surface area contributed by atoms with E-state index in [1.165, 1.54) is 22.9 Å². The molecular weight excluding hydrogens is 260 g/mol. The Bertz CT molecular complexity index is 591. The number of pyridine rings is 1. The second-order valence-corrected chi connectivity index (χ2v) is 5.45. The van der Waals surface area contributed by atoms with Crippen molar-refractivity contribution in [2.45, 2.75) is 19.9 Å². The molecule has 0 saturated carbocycles. The molecule has 7 nitrogen and oxygen atoms in total. The first-order valence-corrected chi connectivity index (χ1v) is 6.92. The predicted octanol–water partition coefficient (Wildman–Crippen LogP) is 0.0846. The monoisotopic (exact) mass is 274 g/mol. The van der Waals surface area contributed by atoms with Crippen LogP contribution < -0.4 is 10.3 Å². The summed E-state index contributed by atoms with van der Waals surface area (Å²) in [4.78, 5) is 21.6. The fourth-order valence-corrected chi connectivity index (χ4v) is 2.32. The van der Waals surface area contributed by atoms with Gasteiger partial charge in [-0.1, -0.05) is 0 Å². The highest BCUT2D eigenvalue weighted by atomic mass is 32.2. The van der Waals surface area contributed by atoms with Crippen LogP contribution in [0, 0.1) is 0 Å². The lowest BCUT2D eigenvalue weighted by molar-refractivity contribution is -0.136. The lowest BCUT2D eigenvalue weighted by Gasteiger charge is -2.08. The third-order valence-corrected chi connectivity index (χ3v) is 3.47. The average Bonchev–Trinajstić information content (AvgIpc) is 2.29. The van der Waals surface area contributed by atoms with Crippen LogP contribution in [-0.2, 0) is 21.4 Å². The van der Waals surface area contributed by atoms with E-state index in [4.69, 9.17) is 5.11 Å². The van der Waals surface area contributed by atoms with E-state index in [0.717, 1.165) is 0 Å². The fourth-order valence-electron chi connectivity index (χ4n) is 1.29. The minimum atomic E-state index is -3.71. The van der Waals surface area contributed by atoms with Gasteiger partial charge in [-0.05, 0) is 13.0 Å². The second-order valence-electron chi connectivity index (χ2n) is 3.61. The molecule has 0 aliphatic heterocycles. The molecule has 0 amide bonds. The zero-order valence-electron chi connectivity index (χ0n) is 9.79. The molecule has 8 heteroatoms. The zero-order chi connectivity index (χ0) is 13.8. The highest BCUT2D eigenvalue weighted by Gasteiger charge is 2.13. The summed E-state index contributed by atoms with van der Waals surface area (Å²) in [6.07, 6.45) is 0.906. The van der Waals surface area contributed by atoms with Gasteiger partial charge in [0.1, 0.15) is 0 Å². The minimum absolute atomic E-state index is 0.231. The van der Waals surface area contributed by atoms with Crippen LogP contribution in [0.3, 0.4) is 0 Å². The van der Waals surface area contributed by atoms with Crippen LogP contribution in [0.4, 0.5) is 5.69 Å². The molecular formula is C10H14N2O5S. The Kier molecular flexibility index (Phi) is 4.49. The molecule has 0 atom stereocenters. The number of aliphatic carboxylic acids is 1. The van der Waals surface area contributed by atoms with Gasteiger partial charge in [0.05, 0.1) is 17.9 Å². The summed E-state index contributed by atoms with van der Waals surface area (Å²) in [5.74, 6) is -1.69. The first-order chi connectivity index (χ1) is 8.34. The quantitative estimate of drug-likeness (QED) is 0.764. The van der Waals surface area contributed by atoms with E-state index in [-0.39, 0.29) is 11.2 Å². The number of aryl methyl sites for hydroxylation is 1. The fraction of sp³-hybridized carbons (Fsp3) is 0.400. The van der Waals surface area contributed by atoms with Crippen LogP contribution in [0.15, 0.2) is 23.1 Å². The molecule has 0 bridgehead atoms. The Morgan fingerprint density at radius 1 is 1.44 bits per heavy atom. The third-order valence-electron chi connectivity index (χ3n) is 2.18. The first-order valence-electron chi connectivity index (χ1n) is 5.27. The summed E-state index contributed by atoms with van der Waals surface area (Å²) >= 11 is 0. The molecule has 0 fully saturated rings. The molecule has 100 valence electrons. The SMILES string of the molecule is CCn1cc(NS(=O)(=O)CCC(=O)O)ccc1=O. The summed E-state index contributed by atoms with van der Waals surface area (Å²) in [5, 5.41) is 8.42. The molecule has 2 N–H and O–H groups in total. The number of carboxylic acid groups (broad SMARTS) is 1. The van der Waals surface area contributed by atoms with Crippen LogP contribution in [0.2, 0.25) is 0 Å². The maximum absolute atomic E-state index is 11.5. The van der Waals surface area contributed by atoms with E-state index in [0.29, 0.717) is 6.54 Å². The van der Waals surface area contributed by atoms with E-state index in [2.05, 4.69) is 4.72 Å². The first kappa shape index (κ1) is 14.2. The van der Waals surface area contributed by atoms with Gasteiger partial charge in [-0.2, -0.15) is 0 Å². The highest BCUT2D eigenvalue weighted by Crippen LogP contribution is 2.07. The maximum Gasteiger partial charge on any atom is 0.304 e. The van der Waals surface area contributed by atoms with Crippen molar-refractivity contribution in [2.24, 2.45) is 0 Å². The summed E-state index contributed by atoms with van der Waals surface area (Å²) in [6, 6.07) is 2.59. The maximum atomic E-state index is 11.5. The van der Waals surface area contributed by atoms with E-state index in [9.17, 15) is 18.0 Å². The molecule has 0 spiro atoms. The molecule has 0 radical (unpaired) electrons. The van der Waals surface area contributed by atoms with Gasteiger partial charge in [0.2, 0.25) is 10.0 Å². The van der Waals surface area contributed by atoms with Crippen molar-refractivity contribution in [3.05, 3.63) is 28.7 Å². The molecule has 1 rings (SSSR count). The zero-order valence-corrected chi connectivity index (χ0v) is 10.6. The molecule has 0 aliphatic rings. The highest BCUT2D eigenvalue weighted by molar-refractivity contribution is 7.92. The van der Waals surface area contributed by atoms with Crippen molar-refractivity contribution < 1.29 is 18.3 Å². The number of nitrogens with one attached hydrogen (secondary N) is 1. The number of hydrogen-bond acceptors (Lipinski definition) is 4. The standard InChI is InChI=1S/C10H14N2O5S/c1-2-12-7-8(3-4-9(12)13)11-18(16,17)6-5-10(14)15/h3-4,7,11H,2,5-6H2,1H3,(H,14,15). The largest absolute Gasteiger partial charge is 0.481 e. The molecule has 0 aliphatic carbocycles. The van der Waals surface area contributed by atoms with Crippen LogP contribution in [0.5, 0.6) is 0 Å². The van der Waals surface area contributed by atoms with Crippen molar-refractivity contribution in [3.63, 3.8) is 0 Å². The van der Waals surface area contributed by atoms with Crippen LogP contribution in [0.25, 0.3) is 0 Å². The topological polar surface area (TPSA) is 105 Å². The van der Waals surface area contributed by atoms with Gasteiger partial charge >= 0.3 is 5.97 Å². The lowest BCUT2D eigenvalue weighted by atomic mass is 10.4. The molecule has 1 heterocycles. The molecule has 0 saturated heterocycles. The predicted molar refractivity (Wildman–Crippen MR) is 66.0 cm³/mol. The van der Waals surface area contributed by atoms with E-state index in [1.807, 2.05) is 0 Å². The number of aromatic nitrogens is 1. The van der Waals surface area contributed by atoms with E-state index in [1.54, 1.807) is 6.92 Å². The third kappa shape index (κ3) is 4.21. The van der Waals surface area contributed by atoms with E-state index < -0.39 is 28.2 Å². The Labute approximate surface area is 104 Å². The molecule has 1 aromatic heterocycles. The minimum Gasteiger partial charge on any atom is -0.481 e. The van der Waals surface area contributed by atoms with Gasteiger partial charge in [0.25, 0.3) is 5.56 Å². The van der Waals surface area contributed by atoms with Gasteiger partial charge < -0.3 is 9.67 Å². The van der Waals surface area contributed by atoms with Gasteiger partial charge in [0.15, 0.2) is 0 Å². The van der Waals surface area contributed by atoms with Crippen molar-refractivity contribution in [1.82, 2.24) is 4.57 Å².